The predicted molar refractivity (Wildman–Crippen MR) is 71.6 cm³/mol. The first-order valence-corrected chi connectivity index (χ1v) is 6.85. The maximum Gasteiger partial charge on any atom is 0.323 e. The molecule has 0 unspecified atom stereocenters. The maximum absolute atomic E-state index is 12.2. The van der Waals surface area contributed by atoms with Gasteiger partial charge in [0.1, 0.15) is 0 Å². The molecule has 1 aliphatic heterocycles. The van der Waals surface area contributed by atoms with Gasteiger partial charge in [0.25, 0.3) is 6.43 Å². The molecule has 0 radical (unpaired) electrons. The molecule has 1 aromatic rings. The molecular weight excluding hydrogens is 268 g/mol. The van der Waals surface area contributed by atoms with Crippen LogP contribution in [0.3, 0.4) is 0 Å². The molecule has 0 bridgehead atoms. The number of rotatable bonds is 7. The Morgan fingerprint density at radius 2 is 2.00 bits per heavy atom. The van der Waals surface area contributed by atoms with Crippen molar-refractivity contribution in [3.8, 4) is 6.01 Å². The van der Waals surface area contributed by atoms with Crippen LogP contribution in [-0.2, 0) is 0 Å². The Kier molecular flexibility index (Phi) is 5.25. The second kappa shape index (κ2) is 7.16. The van der Waals surface area contributed by atoms with E-state index in [0.29, 0.717) is 18.4 Å². The molecular formula is C12H19F2N5O. The highest BCUT2D eigenvalue weighted by Gasteiger charge is 2.18. The van der Waals surface area contributed by atoms with Crippen LogP contribution in [0.25, 0.3) is 0 Å². The SMILES string of the molecule is CCCNc1nc(OCC(F)F)nc(N2CCCC2)n1. The van der Waals surface area contributed by atoms with Crippen molar-refractivity contribution >= 4 is 11.9 Å². The highest BCUT2D eigenvalue weighted by atomic mass is 19.3. The van der Waals surface area contributed by atoms with E-state index in [9.17, 15) is 8.78 Å². The third-order valence-electron chi connectivity index (χ3n) is 2.86. The number of aromatic nitrogens is 3. The zero-order valence-electron chi connectivity index (χ0n) is 11.5. The van der Waals surface area contributed by atoms with E-state index in [4.69, 9.17) is 4.74 Å². The van der Waals surface area contributed by atoms with Crippen molar-refractivity contribution in [2.45, 2.75) is 32.6 Å². The lowest BCUT2D eigenvalue weighted by Crippen LogP contribution is -2.22. The first kappa shape index (κ1) is 14.7. The zero-order valence-corrected chi connectivity index (χ0v) is 11.5. The van der Waals surface area contributed by atoms with Gasteiger partial charge in [-0.15, -0.1) is 0 Å². The second-order valence-electron chi connectivity index (χ2n) is 4.56. The van der Waals surface area contributed by atoms with Gasteiger partial charge in [-0.3, -0.25) is 0 Å². The number of hydrogen-bond donors (Lipinski definition) is 1. The number of anilines is 2. The van der Waals surface area contributed by atoms with E-state index in [1.165, 1.54) is 0 Å². The molecule has 0 aromatic carbocycles. The van der Waals surface area contributed by atoms with E-state index in [-0.39, 0.29) is 6.01 Å². The van der Waals surface area contributed by atoms with E-state index in [1.807, 2.05) is 11.8 Å². The lowest BCUT2D eigenvalue weighted by Gasteiger charge is -2.16. The van der Waals surface area contributed by atoms with E-state index in [0.717, 1.165) is 32.4 Å². The Hall–Kier alpha value is -1.73. The molecule has 20 heavy (non-hydrogen) atoms. The fourth-order valence-electron chi connectivity index (χ4n) is 1.92. The molecule has 8 heteroatoms. The van der Waals surface area contributed by atoms with E-state index in [2.05, 4.69) is 20.3 Å². The third-order valence-corrected chi connectivity index (χ3v) is 2.86. The Bertz CT molecular complexity index is 426. The molecule has 1 N–H and O–H groups in total. The van der Waals surface area contributed by atoms with Gasteiger partial charge in [0.05, 0.1) is 0 Å². The molecule has 1 aliphatic rings. The molecule has 112 valence electrons. The molecule has 0 saturated carbocycles. The molecule has 2 rings (SSSR count). The molecule has 0 aliphatic carbocycles. The summed E-state index contributed by atoms with van der Waals surface area (Å²) in [4.78, 5) is 14.4. The minimum absolute atomic E-state index is 0.0548. The average molecular weight is 287 g/mol. The van der Waals surface area contributed by atoms with Gasteiger partial charge in [0.15, 0.2) is 6.61 Å². The van der Waals surface area contributed by atoms with Gasteiger partial charge in [0, 0.05) is 19.6 Å². The summed E-state index contributed by atoms with van der Waals surface area (Å²) in [5, 5.41) is 3.03. The summed E-state index contributed by atoms with van der Waals surface area (Å²) in [6.07, 6.45) is 0.527. The van der Waals surface area contributed by atoms with Crippen molar-refractivity contribution in [3.63, 3.8) is 0 Å². The maximum atomic E-state index is 12.2. The van der Waals surface area contributed by atoms with Crippen LogP contribution in [0, 0.1) is 0 Å². The summed E-state index contributed by atoms with van der Waals surface area (Å²) in [6, 6.07) is -0.0548. The lowest BCUT2D eigenvalue weighted by molar-refractivity contribution is 0.0770. The van der Waals surface area contributed by atoms with Gasteiger partial charge in [-0.25, -0.2) is 8.78 Å². The Balaban J connectivity index is 2.14. The van der Waals surface area contributed by atoms with Crippen LogP contribution in [0.4, 0.5) is 20.7 Å². The van der Waals surface area contributed by atoms with Crippen molar-refractivity contribution in [2.24, 2.45) is 0 Å². The summed E-state index contributed by atoms with van der Waals surface area (Å²) in [7, 11) is 0. The molecule has 6 nitrogen and oxygen atoms in total. The lowest BCUT2D eigenvalue weighted by atomic mass is 10.4. The van der Waals surface area contributed by atoms with Crippen LogP contribution >= 0.6 is 0 Å². The molecule has 0 amide bonds. The minimum Gasteiger partial charge on any atom is -0.457 e. The summed E-state index contributed by atoms with van der Waals surface area (Å²) in [5.41, 5.74) is 0. The topological polar surface area (TPSA) is 63.2 Å². The summed E-state index contributed by atoms with van der Waals surface area (Å²) < 4.78 is 29.3. The van der Waals surface area contributed by atoms with Crippen molar-refractivity contribution in [1.82, 2.24) is 15.0 Å². The zero-order chi connectivity index (χ0) is 14.4. The van der Waals surface area contributed by atoms with Gasteiger partial charge in [0.2, 0.25) is 11.9 Å². The van der Waals surface area contributed by atoms with Gasteiger partial charge < -0.3 is 15.0 Å². The molecule has 2 heterocycles. The van der Waals surface area contributed by atoms with E-state index >= 15 is 0 Å². The van der Waals surface area contributed by atoms with Crippen molar-refractivity contribution < 1.29 is 13.5 Å². The van der Waals surface area contributed by atoms with Crippen LogP contribution in [0.15, 0.2) is 0 Å². The quantitative estimate of drug-likeness (QED) is 0.827. The minimum atomic E-state index is -2.55. The van der Waals surface area contributed by atoms with Crippen LogP contribution < -0.4 is 15.0 Å². The number of halogens is 2. The van der Waals surface area contributed by atoms with E-state index < -0.39 is 13.0 Å². The normalized spacial score (nSPS) is 14.9. The molecule has 1 fully saturated rings. The highest BCUT2D eigenvalue weighted by molar-refractivity contribution is 5.39. The predicted octanol–water partition coefficient (Wildman–Crippen LogP) is 1.94. The number of ether oxygens (including phenoxy) is 1. The van der Waals surface area contributed by atoms with E-state index in [1.54, 1.807) is 0 Å². The molecule has 1 saturated heterocycles. The van der Waals surface area contributed by atoms with Crippen LogP contribution in [0.1, 0.15) is 26.2 Å². The van der Waals surface area contributed by atoms with Crippen molar-refractivity contribution in [3.05, 3.63) is 0 Å². The largest absolute Gasteiger partial charge is 0.457 e. The van der Waals surface area contributed by atoms with Crippen LogP contribution in [-0.4, -0.2) is 47.6 Å². The van der Waals surface area contributed by atoms with Gasteiger partial charge >= 0.3 is 6.01 Å². The standard InChI is InChI=1S/C12H19F2N5O/c1-2-5-15-10-16-11(19-6-3-4-7-19)18-12(17-10)20-8-9(13)14/h9H,2-8H2,1H3,(H,15,16,17,18). The first-order chi connectivity index (χ1) is 9.69. The fraction of sp³-hybridized carbons (Fsp3) is 0.750. The first-order valence-electron chi connectivity index (χ1n) is 6.85. The average Bonchev–Trinajstić information content (AvgIpc) is 2.97. The van der Waals surface area contributed by atoms with Crippen LogP contribution in [0.2, 0.25) is 0 Å². The fourth-order valence-corrected chi connectivity index (χ4v) is 1.92. The number of alkyl halides is 2. The summed E-state index contributed by atoms with van der Waals surface area (Å²) >= 11 is 0. The van der Waals surface area contributed by atoms with Crippen molar-refractivity contribution in [1.29, 1.82) is 0 Å². The second-order valence-corrected chi connectivity index (χ2v) is 4.56. The number of nitrogens with one attached hydrogen (secondary N) is 1. The van der Waals surface area contributed by atoms with Gasteiger partial charge in [-0.1, -0.05) is 6.92 Å². The smallest absolute Gasteiger partial charge is 0.323 e. The highest BCUT2D eigenvalue weighted by Crippen LogP contribution is 2.19. The van der Waals surface area contributed by atoms with Gasteiger partial charge in [-0.2, -0.15) is 15.0 Å². The monoisotopic (exact) mass is 287 g/mol. The third kappa shape index (κ3) is 4.14. The Morgan fingerprint density at radius 1 is 1.25 bits per heavy atom. The van der Waals surface area contributed by atoms with Gasteiger partial charge in [-0.05, 0) is 19.3 Å². The summed E-state index contributed by atoms with van der Waals surface area (Å²) in [6.45, 7) is 3.75. The summed E-state index contributed by atoms with van der Waals surface area (Å²) in [5.74, 6) is 0.855. The molecule has 0 spiro atoms. The number of hydrogen-bond acceptors (Lipinski definition) is 6. The van der Waals surface area contributed by atoms with Crippen LogP contribution in [0.5, 0.6) is 6.01 Å². The molecule has 0 atom stereocenters. The Morgan fingerprint density at radius 3 is 2.65 bits per heavy atom. The number of nitrogens with zero attached hydrogens (tertiary/aromatic N) is 4. The molecule has 1 aromatic heterocycles. The van der Waals surface area contributed by atoms with Crippen molar-refractivity contribution in [2.75, 3.05) is 36.5 Å². The Labute approximate surface area is 116 Å².